The zero-order chi connectivity index (χ0) is 12.1. The number of aromatic amines is 1. The highest BCUT2D eigenvalue weighted by molar-refractivity contribution is 5.22. The van der Waals surface area contributed by atoms with Crippen LogP contribution in [0.25, 0.3) is 0 Å². The average molecular weight is 226 g/mol. The van der Waals surface area contributed by atoms with Crippen molar-refractivity contribution < 1.29 is 9.84 Å². The summed E-state index contributed by atoms with van der Waals surface area (Å²) in [6.45, 7) is 6.15. The Morgan fingerprint density at radius 3 is 2.56 bits per heavy atom. The molecule has 90 valence electrons. The number of hydrogen-bond acceptors (Lipinski definition) is 4. The van der Waals surface area contributed by atoms with Crippen LogP contribution >= 0.6 is 0 Å². The fourth-order valence-electron chi connectivity index (χ4n) is 1.57. The Labute approximate surface area is 94.5 Å². The van der Waals surface area contributed by atoms with Crippen LogP contribution < -0.4 is 5.56 Å². The van der Waals surface area contributed by atoms with Crippen LogP contribution in [0.2, 0.25) is 0 Å². The number of aromatic hydroxyl groups is 1. The van der Waals surface area contributed by atoms with Crippen molar-refractivity contribution in [2.24, 2.45) is 0 Å². The van der Waals surface area contributed by atoms with Crippen molar-refractivity contribution in [3.05, 3.63) is 21.7 Å². The van der Waals surface area contributed by atoms with Crippen LogP contribution in [0.3, 0.4) is 0 Å². The van der Waals surface area contributed by atoms with Crippen molar-refractivity contribution in [2.45, 2.75) is 39.7 Å². The van der Waals surface area contributed by atoms with E-state index in [2.05, 4.69) is 9.97 Å². The first kappa shape index (κ1) is 12.7. The second kappa shape index (κ2) is 5.65. The molecule has 0 spiro atoms. The molecule has 5 heteroatoms. The minimum Gasteiger partial charge on any atom is -0.493 e. The number of nitrogens with one attached hydrogen (secondary N) is 1. The molecule has 0 aliphatic heterocycles. The van der Waals surface area contributed by atoms with E-state index in [0.717, 1.165) is 0 Å². The molecular formula is C11H18N2O3. The lowest BCUT2D eigenvalue weighted by molar-refractivity contribution is 0.0528. The minimum atomic E-state index is -0.289. The molecule has 1 rings (SSSR count). The maximum absolute atomic E-state index is 11.6. The summed E-state index contributed by atoms with van der Waals surface area (Å²) >= 11 is 0. The Morgan fingerprint density at radius 2 is 2.12 bits per heavy atom. The van der Waals surface area contributed by atoms with Gasteiger partial charge in [-0.05, 0) is 19.8 Å². The third-order valence-electron chi connectivity index (χ3n) is 2.41. The molecule has 0 aliphatic rings. The molecular weight excluding hydrogens is 208 g/mol. The lowest BCUT2D eigenvalue weighted by Crippen LogP contribution is -2.19. The lowest BCUT2D eigenvalue weighted by atomic mass is 10.2. The molecule has 0 saturated heterocycles. The quantitative estimate of drug-likeness (QED) is 0.798. The van der Waals surface area contributed by atoms with Gasteiger partial charge in [0.1, 0.15) is 11.9 Å². The van der Waals surface area contributed by atoms with Gasteiger partial charge >= 0.3 is 0 Å². The number of rotatable bonds is 5. The molecule has 0 amide bonds. The Morgan fingerprint density at radius 1 is 1.44 bits per heavy atom. The van der Waals surface area contributed by atoms with Crippen molar-refractivity contribution in [3.63, 3.8) is 0 Å². The standard InChI is InChI=1S/C11H18N2O3/c1-4-7-10(14)12-9(13-11(7)15)8(5-2)16-6-3/h8H,4-6H2,1-3H3,(H2,12,13,14,15). The first-order valence-electron chi connectivity index (χ1n) is 5.57. The van der Waals surface area contributed by atoms with Gasteiger partial charge in [0.25, 0.3) is 5.56 Å². The molecule has 0 fully saturated rings. The van der Waals surface area contributed by atoms with E-state index in [9.17, 15) is 9.90 Å². The second-order valence-electron chi connectivity index (χ2n) is 3.46. The van der Waals surface area contributed by atoms with E-state index in [0.29, 0.717) is 30.8 Å². The first-order valence-corrected chi connectivity index (χ1v) is 5.57. The van der Waals surface area contributed by atoms with E-state index in [4.69, 9.17) is 4.74 Å². The van der Waals surface area contributed by atoms with Crippen LogP contribution in [0.15, 0.2) is 4.79 Å². The molecule has 1 atom stereocenters. The molecule has 5 nitrogen and oxygen atoms in total. The van der Waals surface area contributed by atoms with Gasteiger partial charge in [0.15, 0.2) is 0 Å². The summed E-state index contributed by atoms with van der Waals surface area (Å²) in [5, 5.41) is 9.60. The maximum atomic E-state index is 11.6. The van der Waals surface area contributed by atoms with Gasteiger partial charge in [0.05, 0.1) is 5.56 Å². The summed E-state index contributed by atoms with van der Waals surface area (Å²) in [6.07, 6.45) is 0.885. The third-order valence-corrected chi connectivity index (χ3v) is 2.41. The van der Waals surface area contributed by atoms with Crippen molar-refractivity contribution in [1.29, 1.82) is 0 Å². The average Bonchev–Trinajstić information content (AvgIpc) is 2.25. The largest absolute Gasteiger partial charge is 0.493 e. The Balaban J connectivity index is 3.11. The highest BCUT2D eigenvalue weighted by atomic mass is 16.5. The predicted octanol–water partition coefficient (Wildman–Crippen LogP) is 1.53. The van der Waals surface area contributed by atoms with Gasteiger partial charge in [0.2, 0.25) is 5.88 Å². The highest BCUT2D eigenvalue weighted by Gasteiger charge is 2.15. The molecule has 0 aromatic carbocycles. The highest BCUT2D eigenvalue weighted by Crippen LogP contribution is 2.19. The second-order valence-corrected chi connectivity index (χ2v) is 3.46. The van der Waals surface area contributed by atoms with Gasteiger partial charge in [-0.15, -0.1) is 0 Å². The summed E-state index contributed by atoms with van der Waals surface area (Å²) in [7, 11) is 0. The zero-order valence-electron chi connectivity index (χ0n) is 9.91. The monoisotopic (exact) mass is 226 g/mol. The van der Waals surface area contributed by atoms with Crippen LogP contribution in [0.1, 0.15) is 44.7 Å². The number of hydrogen-bond donors (Lipinski definition) is 2. The van der Waals surface area contributed by atoms with Crippen molar-refractivity contribution in [2.75, 3.05) is 6.61 Å². The summed E-state index contributed by atoms with van der Waals surface area (Å²) < 4.78 is 5.42. The van der Waals surface area contributed by atoms with Gasteiger partial charge in [-0.3, -0.25) is 4.79 Å². The summed E-state index contributed by atoms with van der Waals surface area (Å²) in [4.78, 5) is 18.2. The summed E-state index contributed by atoms with van der Waals surface area (Å²) in [6, 6.07) is 0. The van der Waals surface area contributed by atoms with Crippen molar-refractivity contribution in [3.8, 4) is 5.88 Å². The number of H-pyrrole nitrogens is 1. The molecule has 1 aromatic rings. The van der Waals surface area contributed by atoms with E-state index in [1.807, 2.05) is 13.8 Å². The number of aromatic nitrogens is 2. The molecule has 0 saturated carbocycles. The minimum absolute atomic E-state index is 0.195. The fourth-order valence-corrected chi connectivity index (χ4v) is 1.57. The molecule has 1 heterocycles. The third kappa shape index (κ3) is 2.61. The SMILES string of the molecule is CCOC(CC)c1nc(O)c(CC)c(=O)[nH]1. The van der Waals surface area contributed by atoms with Crippen molar-refractivity contribution in [1.82, 2.24) is 9.97 Å². The van der Waals surface area contributed by atoms with Crippen LogP contribution in [0.4, 0.5) is 0 Å². The van der Waals surface area contributed by atoms with E-state index in [-0.39, 0.29) is 17.5 Å². The van der Waals surface area contributed by atoms with Gasteiger partial charge in [-0.25, -0.2) is 0 Å². The van der Waals surface area contributed by atoms with Gasteiger partial charge in [-0.1, -0.05) is 13.8 Å². The molecule has 1 aromatic heterocycles. The van der Waals surface area contributed by atoms with Gasteiger partial charge in [-0.2, -0.15) is 4.98 Å². The molecule has 2 N–H and O–H groups in total. The molecule has 1 unspecified atom stereocenters. The van der Waals surface area contributed by atoms with Gasteiger partial charge < -0.3 is 14.8 Å². The Hall–Kier alpha value is -1.36. The molecule has 0 radical (unpaired) electrons. The smallest absolute Gasteiger partial charge is 0.257 e. The van der Waals surface area contributed by atoms with E-state index in [1.54, 1.807) is 6.92 Å². The topological polar surface area (TPSA) is 75.2 Å². The van der Waals surface area contributed by atoms with Crippen molar-refractivity contribution >= 4 is 0 Å². The zero-order valence-corrected chi connectivity index (χ0v) is 9.91. The Bertz CT molecular complexity index is 401. The first-order chi connectivity index (χ1) is 7.63. The number of ether oxygens (including phenoxy) is 1. The Kier molecular flexibility index (Phi) is 4.49. The van der Waals surface area contributed by atoms with E-state index in [1.165, 1.54) is 0 Å². The van der Waals surface area contributed by atoms with Crippen LogP contribution in [0, 0.1) is 0 Å². The van der Waals surface area contributed by atoms with Crippen LogP contribution in [-0.2, 0) is 11.2 Å². The number of nitrogens with zero attached hydrogens (tertiary/aromatic N) is 1. The summed E-state index contributed by atoms with van der Waals surface area (Å²) in [5.41, 5.74) is 0.0262. The predicted molar refractivity (Wildman–Crippen MR) is 60.6 cm³/mol. The normalized spacial score (nSPS) is 12.7. The fraction of sp³-hybridized carbons (Fsp3) is 0.636. The molecule has 16 heavy (non-hydrogen) atoms. The van der Waals surface area contributed by atoms with E-state index < -0.39 is 0 Å². The van der Waals surface area contributed by atoms with Crippen LogP contribution in [0.5, 0.6) is 5.88 Å². The molecule has 0 aliphatic carbocycles. The molecule has 0 bridgehead atoms. The maximum Gasteiger partial charge on any atom is 0.257 e. The van der Waals surface area contributed by atoms with Gasteiger partial charge in [0, 0.05) is 6.61 Å². The van der Waals surface area contributed by atoms with E-state index >= 15 is 0 Å². The summed E-state index contributed by atoms with van der Waals surface area (Å²) in [5.74, 6) is 0.198. The van der Waals surface area contributed by atoms with Crippen LogP contribution in [-0.4, -0.2) is 21.7 Å². The lowest BCUT2D eigenvalue weighted by Gasteiger charge is -2.14.